The molecular weight excluding hydrogens is 180 g/mol. The minimum Gasteiger partial charge on any atom is -0.0654 e. The summed E-state index contributed by atoms with van der Waals surface area (Å²) in [5.41, 5.74) is 0. The fourth-order valence-electron chi connectivity index (χ4n) is 3.21. The summed E-state index contributed by atoms with van der Waals surface area (Å²) in [5, 5.41) is 0. The van der Waals surface area contributed by atoms with Gasteiger partial charge in [0.25, 0.3) is 0 Å². The number of rotatable bonds is 2. The van der Waals surface area contributed by atoms with Crippen LogP contribution in [0, 0.1) is 11.8 Å². The molecule has 0 aromatic carbocycles. The molecule has 90 valence electrons. The highest BCUT2D eigenvalue weighted by Gasteiger charge is 2.26. The molecule has 2 aliphatic rings. The van der Waals surface area contributed by atoms with Crippen LogP contribution in [0.3, 0.4) is 0 Å². The standard InChI is InChI=1S/C10H18.C5H12/c1-2-6-10-8-4-3-7-9(10)5-1;1-3-5-4-2/h9-10H,1-8H2;3-5H2,1-2H3. The monoisotopic (exact) mass is 210 g/mol. The minimum absolute atomic E-state index is 1.16. The quantitative estimate of drug-likeness (QED) is 0.559. The van der Waals surface area contributed by atoms with Gasteiger partial charge in [-0.05, 0) is 11.8 Å². The maximum atomic E-state index is 2.21. The molecule has 0 N–H and O–H groups in total. The molecule has 15 heavy (non-hydrogen) atoms. The molecule has 0 radical (unpaired) electrons. The van der Waals surface area contributed by atoms with Crippen LogP contribution in [-0.4, -0.2) is 0 Å². The molecule has 2 aliphatic carbocycles. The fraction of sp³-hybridized carbons (Fsp3) is 1.00. The van der Waals surface area contributed by atoms with Crippen LogP contribution in [0.25, 0.3) is 0 Å². The van der Waals surface area contributed by atoms with E-state index in [0.717, 1.165) is 11.8 Å². The van der Waals surface area contributed by atoms with Crippen molar-refractivity contribution in [1.82, 2.24) is 0 Å². The van der Waals surface area contributed by atoms with E-state index in [1.54, 1.807) is 25.7 Å². The number of fused-ring (bicyclic) bond motifs is 1. The molecule has 0 heterocycles. The van der Waals surface area contributed by atoms with Crippen LogP contribution in [0.15, 0.2) is 0 Å². The molecule has 0 aromatic rings. The molecule has 2 saturated carbocycles. The van der Waals surface area contributed by atoms with Crippen molar-refractivity contribution < 1.29 is 0 Å². The second kappa shape index (κ2) is 8.19. The van der Waals surface area contributed by atoms with Crippen molar-refractivity contribution in [1.29, 1.82) is 0 Å². The van der Waals surface area contributed by atoms with Gasteiger partial charge in [0.15, 0.2) is 0 Å². The van der Waals surface area contributed by atoms with E-state index >= 15 is 0 Å². The molecule has 0 nitrogen and oxygen atoms in total. The van der Waals surface area contributed by atoms with E-state index in [9.17, 15) is 0 Å². The molecule has 0 unspecified atom stereocenters. The van der Waals surface area contributed by atoms with Crippen molar-refractivity contribution in [2.24, 2.45) is 11.8 Å². The van der Waals surface area contributed by atoms with Crippen LogP contribution in [0.4, 0.5) is 0 Å². The molecular formula is C15H30. The Balaban J connectivity index is 0.000000195. The third-order valence-corrected chi connectivity index (χ3v) is 4.17. The van der Waals surface area contributed by atoms with E-state index in [1.807, 2.05) is 0 Å². The Labute approximate surface area is 96.8 Å². The molecule has 0 amide bonds. The molecule has 0 spiro atoms. The van der Waals surface area contributed by atoms with Gasteiger partial charge < -0.3 is 0 Å². The van der Waals surface area contributed by atoms with E-state index in [2.05, 4.69) is 13.8 Å². The topological polar surface area (TPSA) is 0 Å². The minimum atomic E-state index is 1.16. The maximum Gasteiger partial charge on any atom is -0.0386 e. The average Bonchev–Trinajstić information content (AvgIpc) is 2.31. The largest absolute Gasteiger partial charge is 0.0654 e. The van der Waals surface area contributed by atoms with Crippen molar-refractivity contribution >= 4 is 0 Å². The summed E-state index contributed by atoms with van der Waals surface area (Å²) in [6.07, 6.45) is 16.4. The highest BCUT2D eigenvalue weighted by atomic mass is 14.3. The van der Waals surface area contributed by atoms with E-state index < -0.39 is 0 Å². The lowest BCUT2D eigenvalue weighted by molar-refractivity contribution is 0.171. The van der Waals surface area contributed by atoms with Gasteiger partial charge in [0.05, 0.1) is 0 Å². The Hall–Kier alpha value is 0. The van der Waals surface area contributed by atoms with Gasteiger partial charge >= 0.3 is 0 Å². The van der Waals surface area contributed by atoms with Gasteiger partial charge in [-0.1, -0.05) is 84.5 Å². The first-order valence-corrected chi connectivity index (χ1v) is 7.38. The van der Waals surface area contributed by atoms with Gasteiger partial charge in [0.1, 0.15) is 0 Å². The normalized spacial score (nSPS) is 30.0. The van der Waals surface area contributed by atoms with E-state index in [1.165, 1.54) is 44.9 Å². The summed E-state index contributed by atoms with van der Waals surface area (Å²) in [5.74, 6) is 2.31. The van der Waals surface area contributed by atoms with Crippen molar-refractivity contribution in [2.75, 3.05) is 0 Å². The lowest BCUT2D eigenvalue weighted by Crippen LogP contribution is -2.22. The van der Waals surface area contributed by atoms with Crippen molar-refractivity contribution in [3.63, 3.8) is 0 Å². The van der Waals surface area contributed by atoms with Gasteiger partial charge in [-0.3, -0.25) is 0 Å². The van der Waals surface area contributed by atoms with Gasteiger partial charge in [-0.2, -0.15) is 0 Å². The van der Waals surface area contributed by atoms with Crippen molar-refractivity contribution in [3.8, 4) is 0 Å². The predicted octanol–water partition coefficient (Wildman–Crippen LogP) is 5.56. The number of hydrogen-bond acceptors (Lipinski definition) is 0. The molecule has 2 rings (SSSR count). The van der Waals surface area contributed by atoms with E-state index in [4.69, 9.17) is 0 Å². The van der Waals surface area contributed by atoms with Crippen LogP contribution in [0.5, 0.6) is 0 Å². The summed E-state index contributed by atoms with van der Waals surface area (Å²) in [6.45, 7) is 4.42. The number of unbranched alkanes of at least 4 members (excludes halogenated alkanes) is 2. The first-order valence-electron chi connectivity index (χ1n) is 7.38. The zero-order chi connectivity index (χ0) is 10.9. The molecule has 0 heteroatoms. The third-order valence-electron chi connectivity index (χ3n) is 4.17. The van der Waals surface area contributed by atoms with Crippen LogP contribution < -0.4 is 0 Å². The molecule has 2 fully saturated rings. The molecule has 0 aliphatic heterocycles. The van der Waals surface area contributed by atoms with E-state index in [-0.39, 0.29) is 0 Å². The second-order valence-corrected chi connectivity index (χ2v) is 5.44. The average molecular weight is 210 g/mol. The predicted molar refractivity (Wildman–Crippen MR) is 69.1 cm³/mol. The van der Waals surface area contributed by atoms with Crippen LogP contribution in [0.1, 0.15) is 84.5 Å². The van der Waals surface area contributed by atoms with Crippen LogP contribution in [-0.2, 0) is 0 Å². The van der Waals surface area contributed by atoms with Crippen LogP contribution in [0.2, 0.25) is 0 Å². The van der Waals surface area contributed by atoms with Gasteiger partial charge in [0.2, 0.25) is 0 Å². The highest BCUT2D eigenvalue weighted by Crippen LogP contribution is 2.39. The first-order chi connectivity index (χ1) is 7.38. The maximum absolute atomic E-state index is 2.21. The summed E-state index contributed by atoms with van der Waals surface area (Å²) in [6, 6.07) is 0. The van der Waals surface area contributed by atoms with Crippen molar-refractivity contribution in [3.05, 3.63) is 0 Å². The SMILES string of the molecule is C1CCC2CCCCC2C1.CCCCC. The fourth-order valence-corrected chi connectivity index (χ4v) is 3.21. The molecule has 0 aromatic heterocycles. The highest BCUT2D eigenvalue weighted by molar-refractivity contribution is 4.78. The molecule has 0 saturated heterocycles. The van der Waals surface area contributed by atoms with Gasteiger partial charge in [-0.25, -0.2) is 0 Å². The summed E-state index contributed by atoms with van der Waals surface area (Å²) in [4.78, 5) is 0. The smallest absolute Gasteiger partial charge is 0.0386 e. The third kappa shape index (κ3) is 5.04. The number of hydrogen-bond donors (Lipinski definition) is 0. The Bertz CT molecular complexity index is 111. The Kier molecular flexibility index (Phi) is 7.13. The first kappa shape index (κ1) is 13.1. The lowest BCUT2D eigenvalue weighted by Gasteiger charge is -2.35. The van der Waals surface area contributed by atoms with Gasteiger partial charge in [0, 0.05) is 0 Å². The Morgan fingerprint density at radius 1 is 0.667 bits per heavy atom. The van der Waals surface area contributed by atoms with Crippen LogP contribution >= 0.6 is 0 Å². The van der Waals surface area contributed by atoms with E-state index in [0.29, 0.717) is 0 Å². The summed E-state index contributed by atoms with van der Waals surface area (Å²) in [7, 11) is 0. The Morgan fingerprint density at radius 3 is 1.20 bits per heavy atom. The Morgan fingerprint density at radius 2 is 1.00 bits per heavy atom. The molecule has 0 atom stereocenters. The lowest BCUT2D eigenvalue weighted by atomic mass is 9.71. The zero-order valence-corrected chi connectivity index (χ0v) is 10.9. The zero-order valence-electron chi connectivity index (χ0n) is 10.9. The summed E-state index contributed by atoms with van der Waals surface area (Å²) < 4.78 is 0. The van der Waals surface area contributed by atoms with Crippen molar-refractivity contribution in [2.45, 2.75) is 84.5 Å². The molecule has 0 bridgehead atoms. The second-order valence-electron chi connectivity index (χ2n) is 5.44. The van der Waals surface area contributed by atoms with Gasteiger partial charge in [-0.15, -0.1) is 0 Å². The summed E-state index contributed by atoms with van der Waals surface area (Å²) >= 11 is 0.